The molecule has 3 atom stereocenters. The molecule has 0 aromatic carbocycles. The molecule has 1 unspecified atom stereocenters. The highest BCUT2D eigenvalue weighted by molar-refractivity contribution is 7.99. The maximum atomic E-state index is 3.54. The first-order chi connectivity index (χ1) is 6.95. The molecule has 3 fully saturated rings. The van der Waals surface area contributed by atoms with Gasteiger partial charge >= 0.3 is 0 Å². The molecule has 0 aromatic rings. The summed E-state index contributed by atoms with van der Waals surface area (Å²) < 4.78 is 0. The summed E-state index contributed by atoms with van der Waals surface area (Å²) in [4.78, 5) is 2.82. The average Bonchev–Trinajstić information content (AvgIpc) is 2.79. The molecule has 88 valence electrons. The van der Waals surface area contributed by atoms with Crippen LogP contribution >= 0.6 is 24.2 Å². The van der Waals surface area contributed by atoms with E-state index in [1.807, 2.05) is 0 Å². The molecule has 3 rings (SSSR count). The van der Waals surface area contributed by atoms with Crippen molar-refractivity contribution < 1.29 is 0 Å². The van der Waals surface area contributed by atoms with Gasteiger partial charge in [-0.1, -0.05) is 0 Å². The summed E-state index contributed by atoms with van der Waals surface area (Å²) in [7, 11) is 0. The van der Waals surface area contributed by atoms with Gasteiger partial charge in [0.2, 0.25) is 0 Å². The number of hydrogen-bond acceptors (Lipinski definition) is 3. The molecule has 0 amide bonds. The molecule has 4 heteroatoms. The minimum absolute atomic E-state index is 0. The molecule has 15 heavy (non-hydrogen) atoms. The number of halogens is 1. The second kappa shape index (κ2) is 5.26. The smallest absolute Gasteiger partial charge is 0.0264 e. The molecule has 1 N–H and O–H groups in total. The Labute approximate surface area is 103 Å². The highest BCUT2D eigenvalue weighted by Crippen LogP contribution is 2.32. The van der Waals surface area contributed by atoms with Gasteiger partial charge in [0.25, 0.3) is 0 Å². The van der Waals surface area contributed by atoms with E-state index in [4.69, 9.17) is 0 Å². The van der Waals surface area contributed by atoms with Crippen molar-refractivity contribution in [2.45, 2.75) is 31.3 Å². The molecule has 0 radical (unpaired) electrons. The summed E-state index contributed by atoms with van der Waals surface area (Å²) >= 11 is 2.16. The predicted molar refractivity (Wildman–Crippen MR) is 69.1 cm³/mol. The van der Waals surface area contributed by atoms with Crippen LogP contribution in [-0.4, -0.2) is 48.1 Å². The molecule has 2 nitrogen and oxygen atoms in total. The molecule has 0 bridgehead atoms. The first-order valence-electron chi connectivity index (χ1n) is 5.99. The van der Waals surface area contributed by atoms with E-state index in [9.17, 15) is 0 Å². The number of likely N-dealkylation sites (tertiary alicyclic amines) is 1. The van der Waals surface area contributed by atoms with E-state index < -0.39 is 0 Å². The predicted octanol–water partition coefficient (Wildman–Crippen LogP) is 1.60. The zero-order valence-corrected chi connectivity index (χ0v) is 10.8. The molecule has 3 saturated heterocycles. The lowest BCUT2D eigenvalue weighted by atomic mass is 10.0. The van der Waals surface area contributed by atoms with Crippen LogP contribution in [0.25, 0.3) is 0 Å². The maximum absolute atomic E-state index is 3.54. The fraction of sp³-hybridized carbons (Fsp3) is 1.00. The van der Waals surface area contributed by atoms with Crippen LogP contribution in [-0.2, 0) is 0 Å². The largest absolute Gasteiger partial charge is 0.315 e. The summed E-state index contributed by atoms with van der Waals surface area (Å²) in [6.45, 7) is 3.91. The van der Waals surface area contributed by atoms with E-state index >= 15 is 0 Å². The molecule has 3 aliphatic heterocycles. The Balaban J connectivity index is 0.000000853. The van der Waals surface area contributed by atoms with Crippen molar-refractivity contribution in [3.8, 4) is 0 Å². The third-order valence-electron chi connectivity index (χ3n) is 4.09. The molecular formula is C11H21ClN2S. The van der Waals surface area contributed by atoms with Crippen LogP contribution in [0.2, 0.25) is 0 Å². The fourth-order valence-electron chi connectivity index (χ4n) is 3.32. The minimum Gasteiger partial charge on any atom is -0.315 e. The lowest BCUT2D eigenvalue weighted by Crippen LogP contribution is -2.44. The van der Waals surface area contributed by atoms with Crippen LogP contribution in [0.1, 0.15) is 19.3 Å². The van der Waals surface area contributed by atoms with Crippen LogP contribution in [0.15, 0.2) is 0 Å². The van der Waals surface area contributed by atoms with Crippen LogP contribution in [0.4, 0.5) is 0 Å². The Morgan fingerprint density at radius 3 is 2.93 bits per heavy atom. The van der Waals surface area contributed by atoms with E-state index in [1.165, 1.54) is 50.4 Å². The van der Waals surface area contributed by atoms with Crippen molar-refractivity contribution in [1.82, 2.24) is 10.2 Å². The van der Waals surface area contributed by atoms with Gasteiger partial charge in [-0.25, -0.2) is 0 Å². The Morgan fingerprint density at radius 1 is 1.20 bits per heavy atom. The number of thioether (sulfide) groups is 1. The maximum Gasteiger partial charge on any atom is 0.0264 e. The quantitative estimate of drug-likeness (QED) is 0.759. The van der Waals surface area contributed by atoms with Gasteiger partial charge in [-0.2, -0.15) is 11.8 Å². The molecule has 0 aromatic heterocycles. The molecule has 0 saturated carbocycles. The third kappa shape index (κ3) is 2.31. The number of fused-ring (bicyclic) bond motifs is 1. The normalized spacial score (nSPS) is 41.2. The van der Waals surface area contributed by atoms with Crippen LogP contribution in [0.3, 0.4) is 0 Å². The molecular weight excluding hydrogens is 228 g/mol. The fourth-order valence-corrected chi connectivity index (χ4v) is 4.49. The van der Waals surface area contributed by atoms with Crippen LogP contribution in [0.5, 0.6) is 0 Å². The van der Waals surface area contributed by atoms with Gasteiger partial charge in [0.1, 0.15) is 0 Å². The van der Waals surface area contributed by atoms with Crippen molar-refractivity contribution in [2.24, 2.45) is 5.92 Å². The first-order valence-corrected chi connectivity index (χ1v) is 7.15. The summed E-state index contributed by atoms with van der Waals surface area (Å²) in [5, 5.41) is 3.54. The van der Waals surface area contributed by atoms with E-state index in [1.54, 1.807) is 0 Å². The van der Waals surface area contributed by atoms with E-state index in [2.05, 4.69) is 22.0 Å². The van der Waals surface area contributed by atoms with Crippen molar-refractivity contribution >= 4 is 24.2 Å². The third-order valence-corrected chi connectivity index (χ3v) is 5.29. The minimum atomic E-state index is 0. The molecule has 3 heterocycles. The number of hydrogen-bond donors (Lipinski definition) is 1. The Bertz CT molecular complexity index is 209. The molecule has 3 aliphatic rings. The topological polar surface area (TPSA) is 15.3 Å². The second-order valence-electron chi connectivity index (χ2n) is 4.88. The summed E-state index contributed by atoms with van der Waals surface area (Å²) in [6, 6.07) is 1.79. The standard InChI is InChI=1S/C11H20N2S.ClH/c1-2-10(8-14-5-1)13-4-3-9-6-12-7-11(9)13;/h9-12H,1-8H2;1H/t9-,10?,11+;/m0./s1. The van der Waals surface area contributed by atoms with Gasteiger partial charge in [0.15, 0.2) is 0 Å². The summed E-state index contributed by atoms with van der Waals surface area (Å²) in [5.41, 5.74) is 0. The number of rotatable bonds is 1. The van der Waals surface area contributed by atoms with Gasteiger partial charge in [0, 0.05) is 24.4 Å². The van der Waals surface area contributed by atoms with E-state index in [0.29, 0.717) is 0 Å². The highest BCUT2D eigenvalue weighted by atomic mass is 35.5. The monoisotopic (exact) mass is 248 g/mol. The number of nitrogens with one attached hydrogen (secondary N) is 1. The van der Waals surface area contributed by atoms with Crippen molar-refractivity contribution in [3.63, 3.8) is 0 Å². The zero-order valence-electron chi connectivity index (χ0n) is 9.15. The Morgan fingerprint density at radius 2 is 2.13 bits per heavy atom. The van der Waals surface area contributed by atoms with E-state index in [-0.39, 0.29) is 12.4 Å². The SMILES string of the molecule is C1CSCC(N2CC[C@H]3CNC[C@H]32)C1.Cl. The number of nitrogens with zero attached hydrogens (tertiary/aromatic N) is 1. The van der Waals surface area contributed by atoms with Gasteiger partial charge < -0.3 is 5.32 Å². The van der Waals surface area contributed by atoms with Gasteiger partial charge in [-0.05, 0) is 44.0 Å². The molecule has 0 spiro atoms. The van der Waals surface area contributed by atoms with Crippen LogP contribution in [0, 0.1) is 5.92 Å². The zero-order chi connectivity index (χ0) is 9.38. The second-order valence-corrected chi connectivity index (χ2v) is 6.03. The van der Waals surface area contributed by atoms with Crippen LogP contribution < -0.4 is 5.32 Å². The lowest BCUT2D eigenvalue weighted by Gasteiger charge is -2.34. The average molecular weight is 249 g/mol. The Hall–Kier alpha value is 0.560. The summed E-state index contributed by atoms with van der Waals surface area (Å²) in [6.07, 6.45) is 4.34. The first kappa shape index (κ1) is 12.0. The van der Waals surface area contributed by atoms with Gasteiger partial charge in [-0.15, -0.1) is 12.4 Å². The lowest BCUT2D eigenvalue weighted by molar-refractivity contribution is 0.182. The Kier molecular flexibility index (Phi) is 4.22. The van der Waals surface area contributed by atoms with Crippen molar-refractivity contribution in [3.05, 3.63) is 0 Å². The van der Waals surface area contributed by atoms with E-state index in [0.717, 1.165) is 18.0 Å². The summed E-state index contributed by atoms with van der Waals surface area (Å²) in [5.74, 6) is 3.77. The van der Waals surface area contributed by atoms with Crippen molar-refractivity contribution in [1.29, 1.82) is 0 Å². The van der Waals surface area contributed by atoms with Crippen molar-refractivity contribution in [2.75, 3.05) is 31.1 Å². The molecule has 0 aliphatic carbocycles. The van der Waals surface area contributed by atoms with Gasteiger partial charge in [0.05, 0.1) is 0 Å². The highest BCUT2D eigenvalue weighted by Gasteiger charge is 2.40. The van der Waals surface area contributed by atoms with Gasteiger partial charge in [-0.3, -0.25) is 4.90 Å².